The number of benzene rings is 9. The summed E-state index contributed by atoms with van der Waals surface area (Å²) in [4.78, 5) is 0. The van der Waals surface area contributed by atoms with Gasteiger partial charge in [-0.05, 0) is 118 Å². The molecule has 1 nitrogen and oxygen atoms in total. The normalized spacial score (nSPS) is 13.6. The highest BCUT2D eigenvalue weighted by molar-refractivity contribution is 6.24. The number of hydrogen-bond acceptors (Lipinski definition) is 1. The van der Waals surface area contributed by atoms with E-state index in [9.17, 15) is 0 Å². The van der Waals surface area contributed by atoms with Gasteiger partial charge >= 0.3 is 0 Å². The zero-order valence-electron chi connectivity index (χ0n) is 27.9. The van der Waals surface area contributed by atoms with E-state index >= 15 is 0 Å². The second-order valence-corrected chi connectivity index (χ2v) is 14.4. The third-order valence-electron chi connectivity index (χ3n) is 11.4. The molecule has 10 aromatic rings. The molecule has 0 atom stereocenters. The Balaban J connectivity index is 1.21. The molecule has 0 aliphatic heterocycles. The fraction of sp³-hybridized carbons (Fsp3) is 0.0612. The third-order valence-corrected chi connectivity index (χ3v) is 11.4. The van der Waals surface area contributed by atoms with Crippen LogP contribution in [-0.4, -0.2) is 0 Å². The molecule has 11 rings (SSSR count). The van der Waals surface area contributed by atoms with Gasteiger partial charge in [0.05, 0.1) is 0 Å². The van der Waals surface area contributed by atoms with Crippen LogP contribution in [0, 0.1) is 0 Å². The van der Waals surface area contributed by atoms with Crippen molar-refractivity contribution in [3.63, 3.8) is 0 Å². The molecule has 50 heavy (non-hydrogen) atoms. The van der Waals surface area contributed by atoms with E-state index in [1.807, 2.05) is 0 Å². The van der Waals surface area contributed by atoms with Gasteiger partial charge in [-0.15, -0.1) is 0 Å². The Kier molecular flexibility index (Phi) is 5.51. The van der Waals surface area contributed by atoms with E-state index in [0.717, 1.165) is 16.6 Å². The van der Waals surface area contributed by atoms with Crippen molar-refractivity contribution < 1.29 is 4.42 Å². The summed E-state index contributed by atoms with van der Waals surface area (Å²) in [6.45, 7) is 4.81. The van der Waals surface area contributed by atoms with E-state index in [2.05, 4.69) is 172 Å². The zero-order chi connectivity index (χ0) is 33.1. The Labute approximate surface area is 290 Å². The Morgan fingerprint density at radius 1 is 0.400 bits per heavy atom. The molecule has 9 aromatic carbocycles. The second-order valence-electron chi connectivity index (χ2n) is 14.4. The summed E-state index contributed by atoms with van der Waals surface area (Å²) in [5, 5.41) is 12.4. The fourth-order valence-electron chi connectivity index (χ4n) is 9.21. The summed E-state index contributed by atoms with van der Waals surface area (Å²) >= 11 is 0. The Hall–Kier alpha value is -6.18. The molecule has 1 aromatic heterocycles. The molecule has 0 spiro atoms. The molecule has 0 saturated carbocycles. The highest BCUT2D eigenvalue weighted by Gasteiger charge is 2.38. The number of fused-ring (bicyclic) bond motifs is 11. The van der Waals surface area contributed by atoms with Crippen molar-refractivity contribution in [3.05, 3.63) is 169 Å². The molecule has 0 unspecified atom stereocenters. The van der Waals surface area contributed by atoms with E-state index in [1.165, 1.54) is 93.0 Å². The summed E-state index contributed by atoms with van der Waals surface area (Å²) in [7, 11) is 0. The first-order valence-electron chi connectivity index (χ1n) is 17.5. The lowest BCUT2D eigenvalue weighted by Crippen LogP contribution is -2.16. The summed E-state index contributed by atoms with van der Waals surface area (Å²) in [6.07, 6.45) is 0. The monoisotopic (exact) mass is 636 g/mol. The van der Waals surface area contributed by atoms with Crippen LogP contribution in [0.2, 0.25) is 0 Å². The second kappa shape index (κ2) is 9.94. The van der Waals surface area contributed by atoms with E-state index in [4.69, 9.17) is 4.42 Å². The smallest absolute Gasteiger partial charge is 0.136 e. The minimum atomic E-state index is -0.164. The van der Waals surface area contributed by atoms with Gasteiger partial charge < -0.3 is 4.42 Å². The summed E-state index contributed by atoms with van der Waals surface area (Å²) in [6, 6.07) is 58.2. The van der Waals surface area contributed by atoms with Crippen molar-refractivity contribution in [3.8, 4) is 33.4 Å². The minimum absolute atomic E-state index is 0.164. The van der Waals surface area contributed by atoms with Crippen LogP contribution >= 0.6 is 0 Å². The van der Waals surface area contributed by atoms with Gasteiger partial charge in [-0.2, -0.15) is 0 Å². The molecular formula is C49H32O. The van der Waals surface area contributed by atoms with Crippen LogP contribution in [0.5, 0.6) is 0 Å². The van der Waals surface area contributed by atoms with Gasteiger partial charge in [0, 0.05) is 16.2 Å². The first kappa shape index (κ1) is 27.7. The fourth-order valence-corrected chi connectivity index (χ4v) is 9.21. The summed E-state index contributed by atoms with van der Waals surface area (Å²) < 4.78 is 6.42. The highest BCUT2D eigenvalue weighted by atomic mass is 16.3. The van der Waals surface area contributed by atoms with Gasteiger partial charge in [0.25, 0.3) is 0 Å². The van der Waals surface area contributed by atoms with Crippen molar-refractivity contribution in [2.24, 2.45) is 0 Å². The van der Waals surface area contributed by atoms with Gasteiger partial charge in [-0.1, -0.05) is 141 Å². The third kappa shape index (κ3) is 3.67. The van der Waals surface area contributed by atoms with E-state index < -0.39 is 0 Å². The predicted octanol–water partition coefficient (Wildman–Crippen LogP) is 13.8. The standard InChI is InChI=1S/C49H32O/c1-49(2)42-28-31-14-4-3-13-30(31)26-40(42)38-20-11-21-39(48(38)49)46-36-18-9-7-16-34(36)45(35-17-8-10-19-37(35)46)32-23-24-43-41(27-32)47-33-15-6-5-12-29(33)22-25-44(47)50-43/h3-28H,1-2H3. The number of furan rings is 1. The lowest BCUT2D eigenvalue weighted by Gasteiger charge is -2.26. The molecule has 1 aliphatic rings. The van der Waals surface area contributed by atoms with E-state index in [0.29, 0.717) is 0 Å². The van der Waals surface area contributed by atoms with Crippen molar-refractivity contribution in [1.82, 2.24) is 0 Å². The van der Waals surface area contributed by atoms with Crippen LogP contribution < -0.4 is 0 Å². The highest BCUT2D eigenvalue weighted by Crippen LogP contribution is 2.55. The molecule has 1 aliphatic carbocycles. The van der Waals surface area contributed by atoms with Gasteiger partial charge in [0.1, 0.15) is 11.2 Å². The zero-order valence-corrected chi connectivity index (χ0v) is 27.9. The quantitative estimate of drug-likeness (QED) is 0.172. The van der Waals surface area contributed by atoms with Crippen LogP contribution in [0.3, 0.4) is 0 Å². The maximum absolute atomic E-state index is 6.42. The number of hydrogen-bond donors (Lipinski definition) is 0. The van der Waals surface area contributed by atoms with Crippen molar-refractivity contribution in [2.45, 2.75) is 19.3 Å². The average Bonchev–Trinajstić information content (AvgIpc) is 3.64. The minimum Gasteiger partial charge on any atom is -0.456 e. The van der Waals surface area contributed by atoms with Crippen LogP contribution in [-0.2, 0) is 5.41 Å². The van der Waals surface area contributed by atoms with Crippen molar-refractivity contribution >= 4 is 65.0 Å². The van der Waals surface area contributed by atoms with Crippen LogP contribution in [0.4, 0.5) is 0 Å². The molecule has 234 valence electrons. The first-order chi connectivity index (χ1) is 24.6. The van der Waals surface area contributed by atoms with Crippen LogP contribution in [0.25, 0.3) is 98.4 Å². The molecule has 1 heterocycles. The van der Waals surface area contributed by atoms with Crippen LogP contribution in [0.15, 0.2) is 162 Å². The summed E-state index contributed by atoms with van der Waals surface area (Å²) in [5.74, 6) is 0. The molecule has 1 heteroatoms. The average molecular weight is 637 g/mol. The summed E-state index contributed by atoms with van der Waals surface area (Å²) in [5.41, 5.74) is 12.3. The topological polar surface area (TPSA) is 13.1 Å². The molecule has 0 bridgehead atoms. The Morgan fingerprint density at radius 3 is 1.70 bits per heavy atom. The van der Waals surface area contributed by atoms with Gasteiger partial charge in [0.2, 0.25) is 0 Å². The maximum Gasteiger partial charge on any atom is 0.136 e. The van der Waals surface area contributed by atoms with E-state index in [1.54, 1.807) is 0 Å². The SMILES string of the molecule is CC1(C)c2cc3ccccc3cc2-c2cccc(-c3c4ccccc4c(-c4ccc5oc6ccc7ccccc7c6c5c4)c4ccccc34)c21. The predicted molar refractivity (Wildman–Crippen MR) is 212 cm³/mol. The lowest BCUT2D eigenvalue weighted by atomic mass is 9.76. The van der Waals surface area contributed by atoms with Crippen molar-refractivity contribution in [1.29, 1.82) is 0 Å². The molecule has 0 radical (unpaired) electrons. The lowest BCUT2D eigenvalue weighted by molar-refractivity contribution is 0.663. The molecule has 0 fully saturated rings. The molecule has 0 amide bonds. The van der Waals surface area contributed by atoms with Gasteiger partial charge in [0.15, 0.2) is 0 Å². The van der Waals surface area contributed by atoms with Crippen LogP contribution in [0.1, 0.15) is 25.0 Å². The van der Waals surface area contributed by atoms with Crippen molar-refractivity contribution in [2.75, 3.05) is 0 Å². The Morgan fingerprint density at radius 2 is 0.980 bits per heavy atom. The largest absolute Gasteiger partial charge is 0.456 e. The Bertz CT molecular complexity index is 3010. The molecule has 0 saturated heterocycles. The maximum atomic E-state index is 6.42. The van der Waals surface area contributed by atoms with E-state index in [-0.39, 0.29) is 5.41 Å². The van der Waals surface area contributed by atoms with Gasteiger partial charge in [-0.3, -0.25) is 0 Å². The first-order valence-corrected chi connectivity index (χ1v) is 17.5. The molecule has 0 N–H and O–H groups in total. The number of rotatable bonds is 2. The van der Waals surface area contributed by atoms with Gasteiger partial charge in [-0.25, -0.2) is 0 Å². The molecular weight excluding hydrogens is 605 g/mol.